The molecule has 8 heteroatoms. The van der Waals surface area contributed by atoms with E-state index in [-0.39, 0.29) is 36.6 Å². The van der Waals surface area contributed by atoms with Crippen LogP contribution in [0.5, 0.6) is 5.75 Å². The molecule has 2 heterocycles. The first kappa shape index (κ1) is 19.2. The summed E-state index contributed by atoms with van der Waals surface area (Å²) >= 11 is 6.01. The van der Waals surface area contributed by atoms with Gasteiger partial charge in [0, 0.05) is 32.7 Å². The molecule has 0 aromatic heterocycles. The third-order valence-corrected chi connectivity index (χ3v) is 5.90. The van der Waals surface area contributed by atoms with Gasteiger partial charge >= 0.3 is 5.97 Å². The smallest absolute Gasteiger partial charge is 0.306 e. The van der Waals surface area contributed by atoms with Crippen LogP contribution in [0.3, 0.4) is 0 Å². The maximum atomic E-state index is 11.6. The number of carbonyl (C=O) groups excluding carboxylic acids is 1. The topological polar surface area (TPSA) is 63.2 Å². The van der Waals surface area contributed by atoms with E-state index in [1.54, 1.807) is 12.1 Å². The van der Waals surface area contributed by atoms with Crippen molar-refractivity contribution >= 4 is 27.0 Å². The van der Waals surface area contributed by atoms with E-state index < -0.39 is 5.79 Å². The second-order valence-electron chi connectivity index (χ2n) is 7.00. The molecule has 3 fully saturated rings. The first-order valence-electron chi connectivity index (χ1n) is 8.99. The molecule has 146 valence electrons. The molecule has 0 bridgehead atoms. The number of hydrogen-bond acceptors (Lipinski definition) is 6. The van der Waals surface area contributed by atoms with E-state index in [1.807, 2.05) is 24.3 Å². The second kappa shape index (κ2) is 8.06. The molecule has 5 atom stereocenters. The molecule has 1 aromatic carbocycles. The van der Waals surface area contributed by atoms with Gasteiger partial charge in [0.05, 0.1) is 25.7 Å². The first-order chi connectivity index (χ1) is 13.1. The zero-order chi connectivity index (χ0) is 18.9. The summed E-state index contributed by atoms with van der Waals surface area (Å²) in [6, 6.07) is 7.19. The zero-order valence-corrected chi connectivity index (χ0v) is 16.6. The van der Waals surface area contributed by atoms with Crippen molar-refractivity contribution in [2.75, 3.05) is 19.8 Å². The van der Waals surface area contributed by atoms with Gasteiger partial charge in [-0.2, -0.15) is 0 Å². The van der Waals surface area contributed by atoms with Gasteiger partial charge in [0.1, 0.15) is 18.5 Å². The summed E-state index contributed by atoms with van der Waals surface area (Å²) in [6.07, 6.45) is 4.91. The van der Waals surface area contributed by atoms with E-state index in [0.29, 0.717) is 36.8 Å². The van der Waals surface area contributed by atoms with Crippen LogP contribution >= 0.6 is 21.1 Å². The summed E-state index contributed by atoms with van der Waals surface area (Å²) in [5, 5.41) is 0.605. The van der Waals surface area contributed by atoms with Crippen molar-refractivity contribution in [1.82, 2.24) is 0 Å². The molecular weight excluding hydrogens is 391 g/mol. The van der Waals surface area contributed by atoms with Crippen molar-refractivity contribution in [1.29, 1.82) is 0 Å². The quantitative estimate of drug-likeness (QED) is 0.406. The number of benzene rings is 1. The standard InChI is InChI=1S/C19H22ClO6P/c20-12-2-1-3-13(8-12)22-11-19(23-6-7-24-19)5-4-14-15-9-18(21)25-16(15)10-17(14)26-27/h1-5,8,14-17H,6-7,9-11,27H2/t14-,15-,16?,17?/m1/s1. The molecule has 0 N–H and O–H groups in total. The summed E-state index contributed by atoms with van der Waals surface area (Å²) in [5.74, 6) is -0.286. The molecule has 3 unspecified atom stereocenters. The van der Waals surface area contributed by atoms with Crippen molar-refractivity contribution in [2.24, 2.45) is 11.8 Å². The van der Waals surface area contributed by atoms with E-state index in [9.17, 15) is 4.79 Å². The lowest BCUT2D eigenvalue weighted by Gasteiger charge is -2.25. The van der Waals surface area contributed by atoms with E-state index in [4.69, 9.17) is 35.1 Å². The van der Waals surface area contributed by atoms with Crippen molar-refractivity contribution in [3.63, 3.8) is 0 Å². The molecule has 2 aliphatic heterocycles. The molecule has 0 radical (unpaired) electrons. The van der Waals surface area contributed by atoms with E-state index in [0.717, 1.165) is 0 Å². The highest BCUT2D eigenvalue weighted by Gasteiger charge is 2.50. The van der Waals surface area contributed by atoms with Crippen molar-refractivity contribution in [2.45, 2.75) is 30.8 Å². The molecule has 1 aliphatic carbocycles. The van der Waals surface area contributed by atoms with Crippen LogP contribution in [0.2, 0.25) is 5.02 Å². The third-order valence-electron chi connectivity index (χ3n) is 5.31. The molecule has 0 amide bonds. The lowest BCUT2D eigenvalue weighted by molar-refractivity contribution is -0.141. The molecule has 6 nitrogen and oxygen atoms in total. The Kier molecular flexibility index (Phi) is 5.72. The third kappa shape index (κ3) is 4.15. The van der Waals surface area contributed by atoms with Gasteiger partial charge in [-0.3, -0.25) is 4.79 Å². The molecule has 4 rings (SSSR count). The normalized spacial score (nSPS) is 32.0. The van der Waals surface area contributed by atoms with E-state index in [1.165, 1.54) is 0 Å². The highest BCUT2D eigenvalue weighted by Crippen LogP contribution is 2.44. The minimum absolute atomic E-state index is 0.0262. The van der Waals surface area contributed by atoms with Crippen LogP contribution in [-0.4, -0.2) is 43.8 Å². The molecular formula is C19H22ClO6P. The summed E-state index contributed by atoms with van der Waals surface area (Å²) in [4.78, 5) is 11.6. The first-order valence-corrected chi connectivity index (χ1v) is 9.84. The highest BCUT2D eigenvalue weighted by molar-refractivity contribution is 7.09. The number of halogens is 1. The van der Waals surface area contributed by atoms with Gasteiger partial charge in [0.2, 0.25) is 5.79 Å². The molecule has 1 aromatic rings. The van der Waals surface area contributed by atoms with Crippen LogP contribution in [0.1, 0.15) is 12.8 Å². The van der Waals surface area contributed by atoms with Gasteiger partial charge in [0.15, 0.2) is 0 Å². The Balaban J connectivity index is 1.47. The van der Waals surface area contributed by atoms with E-state index in [2.05, 4.69) is 9.47 Å². The number of hydrogen-bond donors (Lipinski definition) is 0. The summed E-state index contributed by atoms with van der Waals surface area (Å²) < 4.78 is 28.5. The van der Waals surface area contributed by atoms with Crippen molar-refractivity contribution < 1.29 is 28.3 Å². The van der Waals surface area contributed by atoms with Crippen LogP contribution in [-0.2, 0) is 23.5 Å². The highest BCUT2D eigenvalue weighted by atomic mass is 35.5. The van der Waals surface area contributed by atoms with Gasteiger partial charge in [-0.05, 0) is 24.3 Å². The fraction of sp³-hybridized carbons (Fsp3) is 0.526. The average molecular weight is 413 g/mol. The molecule has 27 heavy (non-hydrogen) atoms. The zero-order valence-electron chi connectivity index (χ0n) is 14.7. The lowest BCUT2D eigenvalue weighted by Crippen LogP contribution is -2.35. The average Bonchev–Trinajstić information content (AvgIpc) is 3.33. The SMILES string of the molecule is O=C1C[C@H]2C(CC(OP)[C@@H]2C=CC2(COc3cccc(Cl)c3)OCCO2)O1. The van der Waals surface area contributed by atoms with Gasteiger partial charge in [-0.15, -0.1) is 0 Å². The minimum atomic E-state index is -0.963. The van der Waals surface area contributed by atoms with Gasteiger partial charge in [-0.25, -0.2) is 0 Å². The monoisotopic (exact) mass is 412 g/mol. The Hall–Kier alpha value is -1.17. The van der Waals surface area contributed by atoms with Crippen LogP contribution < -0.4 is 4.74 Å². The molecule has 1 saturated carbocycles. The summed E-state index contributed by atoms with van der Waals surface area (Å²) in [5.41, 5.74) is 0. The van der Waals surface area contributed by atoms with Crippen LogP contribution in [0, 0.1) is 11.8 Å². The lowest BCUT2D eigenvalue weighted by atomic mass is 9.91. The minimum Gasteiger partial charge on any atom is -0.488 e. The molecule has 0 spiro atoms. The fourth-order valence-electron chi connectivity index (χ4n) is 4.01. The Labute approximate surface area is 165 Å². The number of ether oxygens (including phenoxy) is 4. The van der Waals surface area contributed by atoms with Gasteiger partial charge in [-0.1, -0.05) is 23.7 Å². The second-order valence-corrected chi connectivity index (χ2v) is 7.71. The van der Waals surface area contributed by atoms with Gasteiger partial charge < -0.3 is 23.5 Å². The molecule has 3 aliphatic rings. The van der Waals surface area contributed by atoms with Crippen LogP contribution in [0.15, 0.2) is 36.4 Å². The van der Waals surface area contributed by atoms with Crippen LogP contribution in [0.4, 0.5) is 0 Å². The van der Waals surface area contributed by atoms with Crippen molar-refractivity contribution in [3.05, 3.63) is 41.4 Å². The maximum Gasteiger partial charge on any atom is 0.306 e. The number of fused-ring (bicyclic) bond motifs is 1. The van der Waals surface area contributed by atoms with E-state index >= 15 is 0 Å². The number of esters is 1. The van der Waals surface area contributed by atoms with Gasteiger partial charge in [0.25, 0.3) is 0 Å². The Morgan fingerprint density at radius 1 is 1.33 bits per heavy atom. The number of rotatable bonds is 6. The Morgan fingerprint density at radius 3 is 2.89 bits per heavy atom. The Morgan fingerprint density at radius 2 is 2.15 bits per heavy atom. The Bertz CT molecular complexity index is 720. The van der Waals surface area contributed by atoms with Crippen molar-refractivity contribution in [3.8, 4) is 5.75 Å². The predicted molar refractivity (Wildman–Crippen MR) is 101 cm³/mol. The largest absolute Gasteiger partial charge is 0.488 e. The summed E-state index contributed by atoms with van der Waals surface area (Å²) in [7, 11) is 2.32. The maximum absolute atomic E-state index is 11.6. The summed E-state index contributed by atoms with van der Waals surface area (Å²) in [6.45, 7) is 1.18. The predicted octanol–water partition coefficient (Wildman–Crippen LogP) is 3.15. The fourth-order valence-corrected chi connectivity index (χ4v) is 4.48. The molecule has 2 saturated heterocycles. The number of carbonyl (C=O) groups is 1. The van der Waals surface area contributed by atoms with Crippen LogP contribution in [0.25, 0.3) is 0 Å².